The number of aryl methyl sites for hydroxylation is 2. The first-order chi connectivity index (χ1) is 9.08. The Bertz CT molecular complexity index is 692. The van der Waals surface area contributed by atoms with Gasteiger partial charge in [0.05, 0.1) is 5.52 Å². The molecule has 1 heterocycles. The molecule has 98 valence electrons. The molecule has 19 heavy (non-hydrogen) atoms. The summed E-state index contributed by atoms with van der Waals surface area (Å²) >= 11 is 6.14. The Labute approximate surface area is 117 Å². The van der Waals surface area contributed by atoms with Crippen molar-refractivity contribution in [1.82, 2.24) is 4.98 Å². The number of nitrogen functional groups attached to an aromatic ring is 1. The third-order valence-electron chi connectivity index (χ3n) is 3.79. The van der Waals surface area contributed by atoms with E-state index >= 15 is 0 Å². The predicted molar refractivity (Wildman–Crippen MR) is 79.1 cm³/mol. The summed E-state index contributed by atoms with van der Waals surface area (Å²) in [4.78, 5) is 4.79. The molecule has 0 spiro atoms. The van der Waals surface area contributed by atoms with Gasteiger partial charge in [-0.15, -0.1) is 0 Å². The summed E-state index contributed by atoms with van der Waals surface area (Å²) in [5.41, 5.74) is 10.9. The van der Waals surface area contributed by atoms with Gasteiger partial charge in [0.25, 0.3) is 0 Å². The van der Waals surface area contributed by atoms with Gasteiger partial charge in [0, 0.05) is 21.7 Å². The Morgan fingerprint density at radius 2 is 2.05 bits per heavy atom. The van der Waals surface area contributed by atoms with E-state index in [1.165, 1.54) is 0 Å². The van der Waals surface area contributed by atoms with Gasteiger partial charge in [0.1, 0.15) is 5.84 Å². The second-order valence-electron chi connectivity index (χ2n) is 5.15. The molecule has 1 aromatic heterocycles. The molecule has 0 bridgehead atoms. The van der Waals surface area contributed by atoms with Gasteiger partial charge in [-0.05, 0) is 55.9 Å². The number of benzene rings is 1. The average Bonchev–Trinajstić information content (AvgIpc) is 2.36. The summed E-state index contributed by atoms with van der Waals surface area (Å²) in [5.74, 6) is 0.118. The summed E-state index contributed by atoms with van der Waals surface area (Å²) in [7, 11) is 0. The molecule has 0 atom stereocenters. The topological polar surface area (TPSA) is 62.8 Å². The number of pyridine rings is 1. The van der Waals surface area contributed by atoms with Crippen molar-refractivity contribution in [3.63, 3.8) is 0 Å². The molecular formula is C15H16ClN3. The van der Waals surface area contributed by atoms with Crippen LogP contribution in [-0.4, -0.2) is 10.8 Å². The molecule has 0 saturated carbocycles. The van der Waals surface area contributed by atoms with E-state index in [-0.39, 0.29) is 5.84 Å². The van der Waals surface area contributed by atoms with Gasteiger partial charge in [-0.3, -0.25) is 10.4 Å². The molecule has 1 aromatic carbocycles. The second-order valence-corrected chi connectivity index (χ2v) is 5.59. The number of rotatable bonds is 1. The summed E-state index contributed by atoms with van der Waals surface area (Å²) in [5, 5.41) is 9.49. The van der Waals surface area contributed by atoms with Crippen molar-refractivity contribution < 1.29 is 0 Å². The molecule has 1 aliphatic carbocycles. The van der Waals surface area contributed by atoms with E-state index in [1.807, 2.05) is 19.1 Å². The minimum absolute atomic E-state index is 0.118. The minimum Gasteiger partial charge on any atom is -0.384 e. The summed E-state index contributed by atoms with van der Waals surface area (Å²) < 4.78 is 0. The highest BCUT2D eigenvalue weighted by Crippen LogP contribution is 2.32. The number of amidine groups is 1. The Kier molecular flexibility index (Phi) is 2.94. The summed E-state index contributed by atoms with van der Waals surface area (Å²) in [6, 6.07) is 3.79. The standard InChI is InChI=1S/C15H16ClN3/c1-8-6-9(16)7-11-13(15(17)18)10-4-2-3-5-12(10)19-14(8)11/h6-7H,2-5H2,1H3,(H3,17,18). The zero-order chi connectivity index (χ0) is 13.6. The van der Waals surface area contributed by atoms with Gasteiger partial charge < -0.3 is 5.73 Å². The van der Waals surface area contributed by atoms with Crippen LogP contribution >= 0.6 is 11.6 Å². The molecule has 0 fully saturated rings. The van der Waals surface area contributed by atoms with Crippen LogP contribution in [0.2, 0.25) is 5.02 Å². The highest BCUT2D eigenvalue weighted by Gasteiger charge is 2.20. The Morgan fingerprint density at radius 1 is 1.32 bits per heavy atom. The maximum atomic E-state index is 7.91. The van der Waals surface area contributed by atoms with Crippen molar-refractivity contribution >= 4 is 28.3 Å². The van der Waals surface area contributed by atoms with Crippen molar-refractivity contribution in [2.75, 3.05) is 0 Å². The Morgan fingerprint density at radius 3 is 2.79 bits per heavy atom. The summed E-state index contributed by atoms with van der Waals surface area (Å²) in [6.07, 6.45) is 4.24. The van der Waals surface area contributed by atoms with Crippen LogP contribution in [0.1, 0.15) is 35.2 Å². The smallest absolute Gasteiger partial charge is 0.123 e. The van der Waals surface area contributed by atoms with Crippen molar-refractivity contribution in [2.24, 2.45) is 5.73 Å². The zero-order valence-corrected chi connectivity index (χ0v) is 11.6. The molecule has 3 N–H and O–H groups in total. The highest BCUT2D eigenvalue weighted by atomic mass is 35.5. The first-order valence-corrected chi connectivity index (χ1v) is 6.91. The van der Waals surface area contributed by atoms with Crippen LogP contribution < -0.4 is 5.73 Å². The zero-order valence-electron chi connectivity index (χ0n) is 10.9. The normalized spacial score (nSPS) is 14.4. The van der Waals surface area contributed by atoms with E-state index in [0.717, 1.165) is 59.0 Å². The molecule has 4 heteroatoms. The number of nitrogens with two attached hydrogens (primary N) is 1. The third kappa shape index (κ3) is 1.98. The molecule has 0 aliphatic heterocycles. The monoisotopic (exact) mass is 273 g/mol. The van der Waals surface area contributed by atoms with Crippen LogP contribution in [0.5, 0.6) is 0 Å². The van der Waals surface area contributed by atoms with Crippen molar-refractivity contribution in [3.05, 3.63) is 39.5 Å². The van der Waals surface area contributed by atoms with Crippen molar-refractivity contribution in [1.29, 1.82) is 5.41 Å². The molecule has 0 amide bonds. The number of hydrogen-bond donors (Lipinski definition) is 2. The number of hydrogen-bond acceptors (Lipinski definition) is 2. The molecule has 3 nitrogen and oxygen atoms in total. The molecular weight excluding hydrogens is 258 g/mol. The lowest BCUT2D eigenvalue weighted by Crippen LogP contribution is -2.19. The molecule has 1 aliphatic rings. The maximum absolute atomic E-state index is 7.91. The van der Waals surface area contributed by atoms with E-state index in [9.17, 15) is 0 Å². The molecule has 0 unspecified atom stereocenters. The van der Waals surface area contributed by atoms with Gasteiger partial charge in [-0.1, -0.05) is 11.6 Å². The number of nitrogens with one attached hydrogen (secondary N) is 1. The molecule has 2 aromatic rings. The number of halogens is 1. The van der Waals surface area contributed by atoms with Crippen molar-refractivity contribution in [3.8, 4) is 0 Å². The van der Waals surface area contributed by atoms with Crippen LogP contribution in [0.4, 0.5) is 0 Å². The third-order valence-corrected chi connectivity index (χ3v) is 4.01. The quantitative estimate of drug-likeness (QED) is 0.618. The fraction of sp³-hybridized carbons (Fsp3) is 0.333. The Balaban J connectivity index is 2.46. The van der Waals surface area contributed by atoms with Gasteiger partial charge in [0.15, 0.2) is 0 Å². The summed E-state index contributed by atoms with van der Waals surface area (Å²) in [6.45, 7) is 2.00. The number of fused-ring (bicyclic) bond motifs is 2. The fourth-order valence-corrected chi connectivity index (χ4v) is 3.23. The minimum atomic E-state index is 0.118. The SMILES string of the molecule is Cc1cc(Cl)cc2c(C(=N)N)c3c(nc12)CCCC3. The van der Waals surface area contributed by atoms with E-state index < -0.39 is 0 Å². The number of nitrogens with zero attached hydrogens (tertiary/aromatic N) is 1. The lowest BCUT2D eigenvalue weighted by molar-refractivity contribution is 0.670. The van der Waals surface area contributed by atoms with E-state index in [2.05, 4.69) is 0 Å². The average molecular weight is 274 g/mol. The van der Waals surface area contributed by atoms with Crippen LogP contribution in [-0.2, 0) is 12.8 Å². The van der Waals surface area contributed by atoms with Gasteiger partial charge in [0.2, 0.25) is 0 Å². The second kappa shape index (κ2) is 4.49. The number of aromatic nitrogens is 1. The molecule has 3 rings (SSSR count). The molecule has 0 radical (unpaired) electrons. The largest absolute Gasteiger partial charge is 0.384 e. The lowest BCUT2D eigenvalue weighted by atomic mass is 9.89. The lowest BCUT2D eigenvalue weighted by Gasteiger charge is -2.20. The maximum Gasteiger partial charge on any atom is 0.123 e. The van der Waals surface area contributed by atoms with Crippen molar-refractivity contribution in [2.45, 2.75) is 32.6 Å². The van der Waals surface area contributed by atoms with Gasteiger partial charge in [-0.25, -0.2) is 0 Å². The fourth-order valence-electron chi connectivity index (χ4n) is 2.96. The molecule has 0 saturated heterocycles. The first-order valence-electron chi connectivity index (χ1n) is 6.54. The van der Waals surface area contributed by atoms with E-state index in [4.69, 9.17) is 27.7 Å². The van der Waals surface area contributed by atoms with E-state index in [1.54, 1.807) is 0 Å². The Hall–Kier alpha value is -1.61. The first kappa shape index (κ1) is 12.4. The van der Waals surface area contributed by atoms with Gasteiger partial charge >= 0.3 is 0 Å². The van der Waals surface area contributed by atoms with Gasteiger partial charge in [-0.2, -0.15) is 0 Å². The van der Waals surface area contributed by atoms with E-state index in [0.29, 0.717) is 5.02 Å². The van der Waals surface area contributed by atoms with Crippen LogP contribution in [0.15, 0.2) is 12.1 Å². The van der Waals surface area contributed by atoms with Crippen LogP contribution in [0.3, 0.4) is 0 Å². The van der Waals surface area contributed by atoms with Crippen LogP contribution in [0.25, 0.3) is 10.9 Å². The van der Waals surface area contributed by atoms with Crippen LogP contribution in [0, 0.1) is 12.3 Å². The predicted octanol–water partition coefficient (Wildman–Crippen LogP) is 3.36. The highest BCUT2D eigenvalue weighted by molar-refractivity contribution is 6.31.